The van der Waals surface area contributed by atoms with E-state index in [2.05, 4.69) is 0 Å². The largest absolute Gasteiger partial charge is 0.444 e. The Morgan fingerprint density at radius 1 is 1.11 bits per heavy atom. The van der Waals surface area contributed by atoms with E-state index < -0.39 is 22.9 Å². The Balaban J connectivity index is 1.82. The van der Waals surface area contributed by atoms with Gasteiger partial charge in [-0.05, 0) is 57.7 Å². The van der Waals surface area contributed by atoms with Crippen LogP contribution in [0.5, 0.6) is 0 Å². The number of carbonyl (C=O) groups is 1. The average Bonchev–Trinajstić information content (AvgIpc) is 2.51. The van der Waals surface area contributed by atoms with Crippen LogP contribution in [0.2, 0.25) is 0 Å². The van der Waals surface area contributed by atoms with E-state index >= 15 is 0 Å². The zero-order valence-corrected chi connectivity index (χ0v) is 15.8. The van der Waals surface area contributed by atoms with E-state index in [-0.39, 0.29) is 18.2 Å². The summed E-state index contributed by atoms with van der Waals surface area (Å²) in [4.78, 5) is 14.4. The molecule has 1 aromatic rings. The van der Waals surface area contributed by atoms with Crippen LogP contribution in [-0.4, -0.2) is 33.8 Å². The molecule has 1 aromatic carbocycles. The molecular formula is C20H26F3NO3. The molecule has 2 atom stereocenters. The van der Waals surface area contributed by atoms with Crippen LogP contribution in [0.1, 0.15) is 64.0 Å². The van der Waals surface area contributed by atoms with Crippen molar-refractivity contribution in [3.63, 3.8) is 0 Å². The summed E-state index contributed by atoms with van der Waals surface area (Å²) in [6.07, 6.45) is -1.73. The highest BCUT2D eigenvalue weighted by Crippen LogP contribution is 2.45. The van der Waals surface area contributed by atoms with Crippen molar-refractivity contribution in [2.75, 3.05) is 0 Å². The first-order chi connectivity index (χ1) is 12.4. The van der Waals surface area contributed by atoms with Gasteiger partial charge in [-0.1, -0.05) is 12.1 Å². The number of benzene rings is 1. The minimum absolute atomic E-state index is 0.181. The van der Waals surface area contributed by atoms with E-state index in [1.807, 2.05) is 20.8 Å². The number of hydrogen-bond donors (Lipinski definition) is 1. The minimum atomic E-state index is -4.41. The topological polar surface area (TPSA) is 49.8 Å². The molecule has 3 rings (SSSR count). The smallest absolute Gasteiger partial charge is 0.416 e. The quantitative estimate of drug-likeness (QED) is 0.752. The van der Waals surface area contributed by atoms with Crippen LogP contribution < -0.4 is 0 Å². The average molecular weight is 385 g/mol. The third kappa shape index (κ3) is 4.23. The van der Waals surface area contributed by atoms with Crippen LogP contribution in [0.15, 0.2) is 24.3 Å². The Kier molecular flexibility index (Phi) is 4.95. The van der Waals surface area contributed by atoms with E-state index in [4.69, 9.17) is 4.74 Å². The second kappa shape index (κ2) is 6.69. The number of alkyl halides is 3. The molecule has 2 aliphatic heterocycles. The van der Waals surface area contributed by atoms with Crippen LogP contribution in [0, 0.1) is 0 Å². The van der Waals surface area contributed by atoms with Crippen molar-refractivity contribution in [2.24, 2.45) is 0 Å². The third-order valence-electron chi connectivity index (χ3n) is 5.36. The van der Waals surface area contributed by atoms with Crippen molar-refractivity contribution < 1.29 is 27.8 Å². The molecule has 2 saturated heterocycles. The molecule has 0 spiro atoms. The maximum absolute atomic E-state index is 12.8. The third-order valence-corrected chi connectivity index (χ3v) is 5.36. The van der Waals surface area contributed by atoms with Crippen molar-refractivity contribution in [1.82, 2.24) is 4.90 Å². The maximum atomic E-state index is 12.8. The summed E-state index contributed by atoms with van der Waals surface area (Å²) >= 11 is 0. The van der Waals surface area contributed by atoms with Gasteiger partial charge in [-0.25, -0.2) is 4.79 Å². The molecule has 2 heterocycles. The molecule has 150 valence electrons. The number of ether oxygens (including phenoxy) is 1. The van der Waals surface area contributed by atoms with E-state index in [1.54, 1.807) is 4.90 Å². The molecule has 2 unspecified atom stereocenters. The predicted molar refractivity (Wildman–Crippen MR) is 94.1 cm³/mol. The van der Waals surface area contributed by atoms with Gasteiger partial charge in [0.1, 0.15) is 5.60 Å². The second-order valence-corrected chi connectivity index (χ2v) is 8.64. The second-order valence-electron chi connectivity index (χ2n) is 8.64. The van der Waals surface area contributed by atoms with Crippen LogP contribution in [0.4, 0.5) is 18.0 Å². The zero-order valence-electron chi connectivity index (χ0n) is 15.8. The van der Waals surface area contributed by atoms with Crippen molar-refractivity contribution in [1.29, 1.82) is 0 Å². The van der Waals surface area contributed by atoms with Gasteiger partial charge >= 0.3 is 12.3 Å². The van der Waals surface area contributed by atoms with Crippen molar-refractivity contribution in [3.8, 4) is 0 Å². The molecule has 2 aliphatic rings. The van der Waals surface area contributed by atoms with Crippen LogP contribution in [0.3, 0.4) is 0 Å². The summed E-state index contributed by atoms with van der Waals surface area (Å²) in [6.45, 7) is 5.43. The van der Waals surface area contributed by atoms with Crippen LogP contribution in [-0.2, 0) is 16.5 Å². The summed E-state index contributed by atoms with van der Waals surface area (Å²) in [5.41, 5.74) is -2.11. The van der Waals surface area contributed by atoms with E-state index in [1.165, 1.54) is 12.1 Å². The predicted octanol–water partition coefficient (Wildman–Crippen LogP) is 4.85. The van der Waals surface area contributed by atoms with E-state index in [9.17, 15) is 23.1 Å². The molecular weight excluding hydrogens is 359 g/mol. The molecule has 27 heavy (non-hydrogen) atoms. The number of rotatable bonds is 1. The molecule has 0 aliphatic carbocycles. The summed E-state index contributed by atoms with van der Waals surface area (Å²) in [5, 5.41) is 11.2. The first-order valence-electron chi connectivity index (χ1n) is 9.30. The fourth-order valence-corrected chi connectivity index (χ4v) is 4.25. The fourth-order valence-electron chi connectivity index (χ4n) is 4.25. The fraction of sp³-hybridized carbons (Fsp3) is 0.650. The number of nitrogens with zero attached hydrogens (tertiary/aromatic N) is 1. The number of hydrogen-bond acceptors (Lipinski definition) is 3. The summed E-state index contributed by atoms with van der Waals surface area (Å²) in [5.74, 6) is 0. The Morgan fingerprint density at radius 2 is 1.63 bits per heavy atom. The molecule has 1 amide bonds. The standard InChI is InChI=1S/C20H26F3NO3/c1-18(2,3)27-17(25)24-15-5-4-6-16(24)12-19(26,11-15)13-7-9-14(10-8-13)20(21,22)23/h7-10,15-16,26H,4-6,11-12H2,1-3H3. The summed E-state index contributed by atoms with van der Waals surface area (Å²) < 4.78 is 43.9. The van der Waals surface area contributed by atoms with Crippen molar-refractivity contribution >= 4 is 6.09 Å². The lowest BCUT2D eigenvalue weighted by molar-refractivity contribution is -0.137. The van der Waals surface area contributed by atoms with Gasteiger partial charge < -0.3 is 14.7 Å². The number of aliphatic hydroxyl groups is 1. The van der Waals surface area contributed by atoms with Gasteiger partial charge in [0.25, 0.3) is 0 Å². The lowest BCUT2D eigenvalue weighted by Crippen LogP contribution is -2.59. The van der Waals surface area contributed by atoms with Crippen molar-refractivity contribution in [2.45, 2.75) is 82.3 Å². The molecule has 0 aromatic heterocycles. The van der Waals surface area contributed by atoms with Gasteiger partial charge in [-0.2, -0.15) is 13.2 Å². The number of fused-ring (bicyclic) bond motifs is 2. The van der Waals surface area contributed by atoms with Gasteiger partial charge in [0, 0.05) is 24.9 Å². The SMILES string of the molecule is CC(C)(C)OC(=O)N1C2CCCC1CC(O)(c1ccc(C(F)(F)F)cc1)C2. The number of piperidine rings is 2. The monoisotopic (exact) mass is 385 g/mol. The number of halogens is 3. The zero-order chi connectivity index (χ0) is 20.0. The van der Waals surface area contributed by atoms with Gasteiger partial charge in [0.05, 0.1) is 11.2 Å². The number of carbonyl (C=O) groups excluding carboxylic acids is 1. The maximum Gasteiger partial charge on any atom is 0.416 e. The Hall–Kier alpha value is -1.76. The van der Waals surface area contributed by atoms with E-state index in [0.29, 0.717) is 18.4 Å². The highest BCUT2D eigenvalue weighted by atomic mass is 19.4. The van der Waals surface area contributed by atoms with Crippen LogP contribution >= 0.6 is 0 Å². The molecule has 0 radical (unpaired) electrons. The minimum Gasteiger partial charge on any atom is -0.444 e. The first-order valence-corrected chi connectivity index (χ1v) is 9.30. The molecule has 4 nitrogen and oxygen atoms in total. The first kappa shape index (κ1) is 20.0. The molecule has 2 bridgehead atoms. The molecule has 1 N–H and O–H groups in total. The van der Waals surface area contributed by atoms with Crippen LogP contribution in [0.25, 0.3) is 0 Å². The lowest BCUT2D eigenvalue weighted by Gasteiger charge is -2.51. The van der Waals surface area contributed by atoms with E-state index in [0.717, 1.165) is 31.4 Å². The summed E-state index contributed by atoms with van der Waals surface area (Å²) in [7, 11) is 0. The highest BCUT2D eigenvalue weighted by Gasteiger charge is 2.49. The Bertz CT molecular complexity index is 680. The highest BCUT2D eigenvalue weighted by molar-refractivity contribution is 5.69. The molecule has 7 heteroatoms. The van der Waals surface area contributed by atoms with Gasteiger partial charge in [-0.3, -0.25) is 0 Å². The Morgan fingerprint density at radius 3 is 2.07 bits per heavy atom. The lowest BCUT2D eigenvalue weighted by atomic mass is 9.72. The molecule has 2 fully saturated rings. The Labute approximate surface area is 157 Å². The normalized spacial score (nSPS) is 28.8. The van der Waals surface area contributed by atoms with Crippen molar-refractivity contribution in [3.05, 3.63) is 35.4 Å². The number of amides is 1. The van der Waals surface area contributed by atoms with Gasteiger partial charge in [0.2, 0.25) is 0 Å². The summed E-state index contributed by atoms with van der Waals surface area (Å²) in [6, 6.07) is 4.34. The molecule has 0 saturated carbocycles. The van der Waals surface area contributed by atoms with Gasteiger partial charge in [0.15, 0.2) is 0 Å². The van der Waals surface area contributed by atoms with Gasteiger partial charge in [-0.15, -0.1) is 0 Å².